The molecule has 0 amide bonds. The summed E-state index contributed by atoms with van der Waals surface area (Å²) in [6, 6.07) is 6.31. The van der Waals surface area contributed by atoms with Gasteiger partial charge in [0, 0.05) is 23.7 Å². The molecule has 2 rings (SSSR count). The first-order valence-electron chi connectivity index (χ1n) is 10.1. The van der Waals surface area contributed by atoms with Crippen LogP contribution >= 0.6 is 23.2 Å². The minimum absolute atomic E-state index is 0.0629. The quantitative estimate of drug-likeness (QED) is 0.359. The number of Topliss-reactive ketones (excluding diaryl/α,β-unsaturated/α-hetero) is 1. The highest BCUT2D eigenvalue weighted by molar-refractivity contribution is 6.35. The molecule has 32 heavy (non-hydrogen) atoms. The Morgan fingerprint density at radius 3 is 2.38 bits per heavy atom. The number of ether oxygens (including phenoxy) is 3. The fourth-order valence-electron chi connectivity index (χ4n) is 3.13. The SMILES string of the molecule is COc1ccnc(C(=O)C[C@@H](C)C(=O)O[C@H](C(C)C)[C@H](C)Oc2ccc(Cl)cc2Cl)c1O. The summed E-state index contributed by atoms with van der Waals surface area (Å²) in [6.07, 6.45) is 0.0693. The van der Waals surface area contributed by atoms with E-state index in [2.05, 4.69) is 4.98 Å². The minimum Gasteiger partial charge on any atom is -0.503 e. The van der Waals surface area contributed by atoms with Gasteiger partial charge in [-0.3, -0.25) is 9.59 Å². The summed E-state index contributed by atoms with van der Waals surface area (Å²) >= 11 is 12.1. The second-order valence-electron chi connectivity index (χ2n) is 7.78. The zero-order valence-corrected chi connectivity index (χ0v) is 20.1. The average molecular weight is 484 g/mol. The van der Waals surface area contributed by atoms with Gasteiger partial charge in [0.2, 0.25) is 0 Å². The number of nitrogens with zero attached hydrogens (tertiary/aromatic N) is 1. The largest absolute Gasteiger partial charge is 0.503 e. The van der Waals surface area contributed by atoms with E-state index in [9.17, 15) is 14.7 Å². The summed E-state index contributed by atoms with van der Waals surface area (Å²) < 4.78 is 16.6. The van der Waals surface area contributed by atoms with Gasteiger partial charge in [0.25, 0.3) is 0 Å². The molecule has 0 fully saturated rings. The summed E-state index contributed by atoms with van der Waals surface area (Å²) in [4.78, 5) is 29.2. The lowest BCUT2D eigenvalue weighted by Gasteiger charge is -2.29. The molecule has 0 saturated carbocycles. The monoisotopic (exact) mass is 483 g/mol. The normalized spacial score (nSPS) is 13.9. The molecule has 0 aliphatic heterocycles. The zero-order chi connectivity index (χ0) is 24.0. The standard InChI is InChI=1S/C23H27Cl2NO6/c1-12(2)22(14(4)31-18-7-6-15(24)11-16(18)25)32-23(29)13(3)10-17(27)20-21(28)19(30-5)8-9-26-20/h6-9,11-14,22,28H,10H2,1-5H3/t13-,14+,22-/m1/s1. The number of hydrogen-bond donors (Lipinski definition) is 1. The van der Waals surface area contributed by atoms with E-state index in [-0.39, 0.29) is 29.5 Å². The summed E-state index contributed by atoms with van der Waals surface area (Å²) in [7, 11) is 1.37. The van der Waals surface area contributed by atoms with Gasteiger partial charge in [0.1, 0.15) is 18.0 Å². The van der Waals surface area contributed by atoms with Crippen molar-refractivity contribution < 1.29 is 28.9 Å². The summed E-state index contributed by atoms with van der Waals surface area (Å²) in [5, 5.41) is 11.0. The fraction of sp³-hybridized carbons (Fsp3) is 0.435. The third-order valence-electron chi connectivity index (χ3n) is 4.84. The Balaban J connectivity index is 2.06. The first-order valence-corrected chi connectivity index (χ1v) is 10.9. The Bertz CT molecular complexity index is 965. The molecule has 1 N–H and O–H groups in total. The Morgan fingerprint density at radius 1 is 1.09 bits per heavy atom. The van der Waals surface area contributed by atoms with Crippen LogP contribution in [0.25, 0.3) is 0 Å². The first-order chi connectivity index (χ1) is 15.0. The van der Waals surface area contributed by atoms with Crippen LogP contribution in [0.15, 0.2) is 30.5 Å². The molecule has 0 saturated heterocycles. The first kappa shape index (κ1) is 25.7. The second kappa shape index (κ2) is 11.4. The molecule has 7 nitrogen and oxygen atoms in total. The van der Waals surface area contributed by atoms with Gasteiger partial charge in [-0.25, -0.2) is 4.98 Å². The lowest BCUT2D eigenvalue weighted by Crippen LogP contribution is -2.39. The Morgan fingerprint density at radius 2 is 1.78 bits per heavy atom. The predicted molar refractivity (Wildman–Crippen MR) is 122 cm³/mol. The third kappa shape index (κ3) is 6.50. The minimum atomic E-state index is -0.762. The van der Waals surface area contributed by atoms with Crippen molar-refractivity contribution >= 4 is 35.0 Å². The van der Waals surface area contributed by atoms with Gasteiger partial charge in [-0.1, -0.05) is 44.0 Å². The Hall–Kier alpha value is -2.51. The number of pyridine rings is 1. The highest BCUT2D eigenvalue weighted by Gasteiger charge is 2.30. The van der Waals surface area contributed by atoms with Gasteiger partial charge in [-0.05, 0) is 31.0 Å². The lowest BCUT2D eigenvalue weighted by atomic mass is 10.00. The maximum absolute atomic E-state index is 12.7. The van der Waals surface area contributed by atoms with Crippen molar-refractivity contribution in [1.29, 1.82) is 0 Å². The molecule has 9 heteroatoms. The van der Waals surface area contributed by atoms with E-state index in [1.807, 2.05) is 13.8 Å². The topological polar surface area (TPSA) is 95.0 Å². The van der Waals surface area contributed by atoms with E-state index >= 15 is 0 Å². The van der Waals surface area contributed by atoms with Crippen molar-refractivity contribution in [2.75, 3.05) is 7.11 Å². The van der Waals surface area contributed by atoms with E-state index < -0.39 is 29.9 Å². The molecule has 0 spiro atoms. The number of aromatic nitrogens is 1. The molecule has 0 unspecified atom stereocenters. The highest BCUT2D eigenvalue weighted by Crippen LogP contribution is 2.31. The third-order valence-corrected chi connectivity index (χ3v) is 5.37. The van der Waals surface area contributed by atoms with Crippen molar-refractivity contribution in [3.05, 3.63) is 46.2 Å². The maximum atomic E-state index is 12.7. The lowest BCUT2D eigenvalue weighted by molar-refractivity contribution is -0.161. The van der Waals surface area contributed by atoms with Crippen molar-refractivity contribution in [1.82, 2.24) is 4.98 Å². The number of rotatable bonds is 10. The van der Waals surface area contributed by atoms with Crippen LogP contribution in [0, 0.1) is 11.8 Å². The van der Waals surface area contributed by atoms with Gasteiger partial charge in [0.15, 0.2) is 23.0 Å². The molecule has 2 aromatic rings. The molecule has 0 aliphatic rings. The smallest absolute Gasteiger partial charge is 0.309 e. The van der Waals surface area contributed by atoms with E-state index in [1.165, 1.54) is 19.4 Å². The van der Waals surface area contributed by atoms with Crippen LogP contribution in [0.3, 0.4) is 0 Å². The number of carbonyl (C=O) groups is 2. The van der Waals surface area contributed by atoms with E-state index in [0.717, 1.165) is 0 Å². The fourth-order valence-corrected chi connectivity index (χ4v) is 3.58. The summed E-state index contributed by atoms with van der Waals surface area (Å²) in [6.45, 7) is 7.15. The zero-order valence-electron chi connectivity index (χ0n) is 18.6. The molecular weight excluding hydrogens is 457 g/mol. The molecule has 1 heterocycles. The molecule has 1 aromatic heterocycles. The van der Waals surface area contributed by atoms with E-state index in [0.29, 0.717) is 15.8 Å². The van der Waals surface area contributed by atoms with Crippen LogP contribution < -0.4 is 9.47 Å². The summed E-state index contributed by atoms with van der Waals surface area (Å²) in [5.74, 6) is -1.68. The molecule has 0 bridgehead atoms. The van der Waals surface area contributed by atoms with Gasteiger partial charge in [-0.15, -0.1) is 0 Å². The maximum Gasteiger partial charge on any atom is 0.309 e. The van der Waals surface area contributed by atoms with Crippen molar-refractivity contribution in [3.8, 4) is 17.2 Å². The summed E-state index contributed by atoms with van der Waals surface area (Å²) in [5.41, 5.74) is -0.154. The second-order valence-corrected chi connectivity index (χ2v) is 8.63. The van der Waals surface area contributed by atoms with Crippen LogP contribution in [0.4, 0.5) is 0 Å². The van der Waals surface area contributed by atoms with Gasteiger partial charge in [0.05, 0.1) is 18.1 Å². The van der Waals surface area contributed by atoms with E-state index in [4.69, 9.17) is 37.4 Å². The number of hydrogen-bond acceptors (Lipinski definition) is 7. The molecular formula is C23H27Cl2NO6. The number of carbonyl (C=O) groups excluding carboxylic acids is 2. The molecule has 174 valence electrons. The number of ketones is 1. The van der Waals surface area contributed by atoms with Crippen LogP contribution in [-0.4, -0.2) is 41.2 Å². The van der Waals surface area contributed by atoms with Gasteiger partial charge in [-0.2, -0.15) is 0 Å². The van der Waals surface area contributed by atoms with Crippen LogP contribution in [-0.2, 0) is 9.53 Å². The van der Waals surface area contributed by atoms with Crippen molar-refractivity contribution in [3.63, 3.8) is 0 Å². The number of halogens is 2. The highest BCUT2D eigenvalue weighted by atomic mass is 35.5. The van der Waals surface area contributed by atoms with Crippen molar-refractivity contribution in [2.45, 2.75) is 46.3 Å². The van der Waals surface area contributed by atoms with Crippen LogP contribution in [0.1, 0.15) is 44.6 Å². The van der Waals surface area contributed by atoms with Gasteiger partial charge >= 0.3 is 5.97 Å². The Kier molecular flexibility index (Phi) is 9.16. The number of esters is 1. The number of aromatic hydroxyl groups is 1. The molecule has 0 radical (unpaired) electrons. The molecule has 3 atom stereocenters. The number of methoxy groups -OCH3 is 1. The van der Waals surface area contributed by atoms with Crippen LogP contribution in [0.2, 0.25) is 10.0 Å². The average Bonchev–Trinajstić information content (AvgIpc) is 2.73. The van der Waals surface area contributed by atoms with Crippen molar-refractivity contribution in [2.24, 2.45) is 11.8 Å². The molecule has 1 aromatic carbocycles. The Labute approximate surface area is 197 Å². The predicted octanol–water partition coefficient (Wildman–Crippen LogP) is 5.35. The number of benzene rings is 1. The van der Waals surface area contributed by atoms with E-state index in [1.54, 1.807) is 32.0 Å². The van der Waals surface area contributed by atoms with Crippen LogP contribution in [0.5, 0.6) is 17.2 Å². The van der Waals surface area contributed by atoms with Gasteiger partial charge < -0.3 is 19.3 Å². The molecule has 0 aliphatic carbocycles.